The van der Waals surface area contributed by atoms with Gasteiger partial charge in [-0.05, 0) is 30.5 Å². The Bertz CT molecular complexity index is 611. The minimum absolute atomic E-state index is 0.172. The summed E-state index contributed by atoms with van der Waals surface area (Å²) in [7, 11) is 0. The lowest BCUT2D eigenvalue weighted by Gasteiger charge is -2.41. The van der Waals surface area contributed by atoms with Gasteiger partial charge in [0.2, 0.25) is 0 Å². The average Bonchev–Trinajstić information content (AvgIpc) is 2.45. The topological polar surface area (TPSA) is 20.3 Å². The van der Waals surface area contributed by atoms with Crippen LogP contribution in [0.15, 0.2) is 54.6 Å². The highest BCUT2D eigenvalue weighted by molar-refractivity contribution is 5.95. The van der Waals surface area contributed by atoms with Crippen molar-refractivity contribution in [1.29, 1.82) is 0 Å². The zero-order valence-electron chi connectivity index (χ0n) is 11.1. The number of hydrogen-bond donors (Lipinski definition) is 0. The van der Waals surface area contributed by atoms with Gasteiger partial charge < -0.3 is 4.90 Å². The molecular weight excluding hydrogens is 253 g/mol. The summed E-state index contributed by atoms with van der Waals surface area (Å²) >= 11 is 0. The smallest absolute Gasteiger partial charge is 0.257 e. The largest absolute Gasteiger partial charge is 0.335 e. The Morgan fingerprint density at radius 1 is 1.10 bits per heavy atom. The van der Waals surface area contributed by atoms with Gasteiger partial charge in [0.05, 0.1) is 5.56 Å². The van der Waals surface area contributed by atoms with Crippen molar-refractivity contribution in [3.8, 4) is 0 Å². The van der Waals surface area contributed by atoms with Crippen molar-refractivity contribution in [2.45, 2.75) is 18.9 Å². The van der Waals surface area contributed by atoms with Gasteiger partial charge in [-0.25, -0.2) is 4.39 Å². The van der Waals surface area contributed by atoms with Crippen molar-refractivity contribution >= 4 is 5.91 Å². The molecule has 1 amide bonds. The average molecular weight is 269 g/mol. The van der Waals surface area contributed by atoms with Crippen LogP contribution < -0.4 is 0 Å². The second-order valence-corrected chi connectivity index (χ2v) is 5.11. The van der Waals surface area contributed by atoms with Crippen LogP contribution >= 0.6 is 0 Å². The van der Waals surface area contributed by atoms with Crippen molar-refractivity contribution in [2.24, 2.45) is 0 Å². The predicted octanol–water partition coefficient (Wildman–Crippen LogP) is 3.28. The highest BCUT2D eigenvalue weighted by Crippen LogP contribution is 2.24. The maximum absolute atomic E-state index is 13.7. The lowest BCUT2D eigenvalue weighted by Crippen LogP contribution is -2.52. The van der Waals surface area contributed by atoms with E-state index in [0.29, 0.717) is 6.54 Å². The molecule has 1 heterocycles. The molecular formula is C17H16FNO. The molecule has 1 unspecified atom stereocenters. The number of nitrogens with zero attached hydrogens (tertiary/aromatic N) is 1. The summed E-state index contributed by atoms with van der Waals surface area (Å²) in [5, 5.41) is 0. The minimum atomic E-state index is -0.442. The molecule has 0 aliphatic carbocycles. The normalized spacial score (nSPS) is 17.6. The van der Waals surface area contributed by atoms with Gasteiger partial charge in [0.15, 0.2) is 0 Å². The zero-order valence-corrected chi connectivity index (χ0v) is 11.1. The molecule has 20 heavy (non-hydrogen) atoms. The molecule has 1 saturated heterocycles. The fourth-order valence-corrected chi connectivity index (χ4v) is 2.60. The molecule has 0 N–H and O–H groups in total. The summed E-state index contributed by atoms with van der Waals surface area (Å²) in [6.45, 7) is 0.713. The van der Waals surface area contributed by atoms with Gasteiger partial charge in [0, 0.05) is 12.6 Å². The Morgan fingerprint density at radius 3 is 2.45 bits per heavy atom. The van der Waals surface area contributed by atoms with E-state index in [-0.39, 0.29) is 17.5 Å². The molecule has 0 radical (unpaired) electrons. The van der Waals surface area contributed by atoms with E-state index in [4.69, 9.17) is 0 Å². The van der Waals surface area contributed by atoms with E-state index in [0.717, 1.165) is 12.8 Å². The van der Waals surface area contributed by atoms with Gasteiger partial charge in [0.1, 0.15) is 5.82 Å². The monoisotopic (exact) mass is 269 g/mol. The summed E-state index contributed by atoms with van der Waals surface area (Å²) in [4.78, 5) is 14.1. The maximum Gasteiger partial charge on any atom is 0.257 e. The maximum atomic E-state index is 13.7. The van der Waals surface area contributed by atoms with E-state index in [1.54, 1.807) is 23.1 Å². The number of rotatable bonds is 3. The van der Waals surface area contributed by atoms with Crippen LogP contribution in [-0.2, 0) is 6.42 Å². The summed E-state index contributed by atoms with van der Waals surface area (Å²) in [6, 6.07) is 16.5. The van der Waals surface area contributed by atoms with Crippen LogP contribution in [0.2, 0.25) is 0 Å². The van der Waals surface area contributed by atoms with Crippen molar-refractivity contribution in [3.63, 3.8) is 0 Å². The molecule has 1 aliphatic heterocycles. The fourth-order valence-electron chi connectivity index (χ4n) is 2.60. The molecule has 1 aliphatic rings. The Hall–Kier alpha value is -2.16. The number of carbonyl (C=O) groups is 1. The van der Waals surface area contributed by atoms with Crippen LogP contribution in [0.25, 0.3) is 0 Å². The van der Waals surface area contributed by atoms with Crippen molar-refractivity contribution in [2.75, 3.05) is 6.54 Å². The first-order valence-corrected chi connectivity index (χ1v) is 6.85. The first-order valence-electron chi connectivity index (χ1n) is 6.85. The molecule has 0 saturated carbocycles. The lowest BCUT2D eigenvalue weighted by atomic mass is 9.94. The van der Waals surface area contributed by atoms with E-state index in [9.17, 15) is 9.18 Å². The molecule has 1 fully saturated rings. The number of likely N-dealkylation sites (tertiary alicyclic amines) is 1. The SMILES string of the molecule is O=C(c1ccccc1F)N1CCC1Cc1ccccc1. The first kappa shape index (κ1) is 12.9. The number of benzene rings is 2. The van der Waals surface area contributed by atoms with E-state index in [1.165, 1.54) is 11.6 Å². The van der Waals surface area contributed by atoms with Crippen LogP contribution in [0.1, 0.15) is 22.3 Å². The molecule has 102 valence electrons. The Morgan fingerprint density at radius 2 is 1.80 bits per heavy atom. The molecule has 1 atom stereocenters. The number of halogens is 1. The number of hydrogen-bond acceptors (Lipinski definition) is 1. The second kappa shape index (κ2) is 5.45. The van der Waals surface area contributed by atoms with Gasteiger partial charge in [-0.15, -0.1) is 0 Å². The Labute approximate surface area is 117 Å². The third-order valence-corrected chi connectivity index (χ3v) is 3.82. The van der Waals surface area contributed by atoms with Gasteiger partial charge in [0.25, 0.3) is 5.91 Å². The van der Waals surface area contributed by atoms with Crippen LogP contribution in [0.5, 0.6) is 0 Å². The zero-order chi connectivity index (χ0) is 13.9. The molecule has 0 spiro atoms. The molecule has 0 bridgehead atoms. The van der Waals surface area contributed by atoms with Crippen LogP contribution in [-0.4, -0.2) is 23.4 Å². The van der Waals surface area contributed by atoms with Crippen LogP contribution in [0.3, 0.4) is 0 Å². The lowest BCUT2D eigenvalue weighted by molar-refractivity contribution is 0.0460. The highest BCUT2D eigenvalue weighted by Gasteiger charge is 2.33. The Balaban J connectivity index is 1.72. The van der Waals surface area contributed by atoms with Gasteiger partial charge in [-0.2, -0.15) is 0 Å². The summed E-state index contributed by atoms with van der Waals surface area (Å²) in [6.07, 6.45) is 1.82. The molecule has 2 aromatic rings. The molecule has 3 heteroatoms. The van der Waals surface area contributed by atoms with Crippen molar-refractivity contribution < 1.29 is 9.18 Å². The summed E-state index contributed by atoms with van der Waals surface area (Å²) in [5.74, 6) is -0.641. The fraction of sp³-hybridized carbons (Fsp3) is 0.235. The van der Waals surface area contributed by atoms with E-state index < -0.39 is 5.82 Å². The summed E-state index contributed by atoms with van der Waals surface area (Å²) in [5.41, 5.74) is 1.38. The van der Waals surface area contributed by atoms with E-state index in [1.807, 2.05) is 18.2 Å². The van der Waals surface area contributed by atoms with E-state index >= 15 is 0 Å². The third kappa shape index (κ3) is 2.44. The molecule has 0 aromatic heterocycles. The quantitative estimate of drug-likeness (QED) is 0.837. The standard InChI is InChI=1S/C17H16FNO/c18-16-9-5-4-8-15(16)17(20)19-11-10-14(19)12-13-6-2-1-3-7-13/h1-9,14H,10-12H2. The van der Waals surface area contributed by atoms with Crippen LogP contribution in [0.4, 0.5) is 4.39 Å². The van der Waals surface area contributed by atoms with E-state index in [2.05, 4.69) is 12.1 Å². The Kier molecular flexibility index (Phi) is 3.50. The molecule has 3 rings (SSSR count). The number of amides is 1. The molecule has 2 nitrogen and oxygen atoms in total. The van der Waals surface area contributed by atoms with Crippen LogP contribution in [0, 0.1) is 5.82 Å². The summed E-state index contributed by atoms with van der Waals surface area (Å²) < 4.78 is 13.7. The highest BCUT2D eigenvalue weighted by atomic mass is 19.1. The van der Waals surface area contributed by atoms with Gasteiger partial charge >= 0.3 is 0 Å². The third-order valence-electron chi connectivity index (χ3n) is 3.82. The van der Waals surface area contributed by atoms with Gasteiger partial charge in [-0.3, -0.25) is 4.79 Å². The predicted molar refractivity (Wildman–Crippen MR) is 76.0 cm³/mol. The van der Waals surface area contributed by atoms with Gasteiger partial charge in [-0.1, -0.05) is 42.5 Å². The van der Waals surface area contributed by atoms with Crippen molar-refractivity contribution in [3.05, 3.63) is 71.5 Å². The number of carbonyl (C=O) groups excluding carboxylic acids is 1. The first-order chi connectivity index (χ1) is 9.75. The molecule has 2 aromatic carbocycles. The van der Waals surface area contributed by atoms with Crippen molar-refractivity contribution in [1.82, 2.24) is 4.90 Å². The second-order valence-electron chi connectivity index (χ2n) is 5.11. The minimum Gasteiger partial charge on any atom is -0.335 e.